The normalized spacial score (nSPS) is 11.6. The molecule has 0 saturated heterocycles. The van der Waals surface area contributed by atoms with Gasteiger partial charge in [0, 0.05) is 11.8 Å². The van der Waals surface area contributed by atoms with E-state index in [0.29, 0.717) is 20.8 Å². The summed E-state index contributed by atoms with van der Waals surface area (Å²) in [5.41, 5.74) is -0.581. The number of alkyl halides is 3. The molecule has 148 valence electrons. The second kappa shape index (κ2) is 7.17. The third kappa shape index (κ3) is 3.76. The molecule has 0 aliphatic carbocycles. The molecular formula is C18H12F3N5O2S. The Bertz CT molecular complexity index is 1190. The van der Waals surface area contributed by atoms with Crippen LogP contribution < -0.4 is 10.1 Å². The summed E-state index contributed by atoms with van der Waals surface area (Å²) in [5.74, 6) is -1.02. The van der Waals surface area contributed by atoms with Gasteiger partial charge in [-0.25, -0.2) is 4.98 Å². The van der Waals surface area contributed by atoms with E-state index in [1.807, 2.05) is 0 Å². The van der Waals surface area contributed by atoms with Gasteiger partial charge in [0.05, 0.1) is 17.7 Å². The quantitative estimate of drug-likeness (QED) is 0.538. The lowest BCUT2D eigenvalue weighted by Crippen LogP contribution is -2.16. The van der Waals surface area contributed by atoms with Gasteiger partial charge >= 0.3 is 6.18 Å². The lowest BCUT2D eigenvalue weighted by atomic mass is 10.3. The predicted molar refractivity (Wildman–Crippen MR) is 100 cm³/mol. The van der Waals surface area contributed by atoms with E-state index in [1.54, 1.807) is 41.8 Å². The average Bonchev–Trinajstić information content (AvgIpc) is 3.36. The summed E-state index contributed by atoms with van der Waals surface area (Å²) in [6.07, 6.45) is -4.71. The molecule has 0 radical (unpaired) electrons. The Morgan fingerprint density at radius 2 is 2.00 bits per heavy atom. The summed E-state index contributed by atoms with van der Waals surface area (Å²) in [6, 6.07) is 10.7. The number of ether oxygens (including phenoxy) is 1. The highest BCUT2D eigenvalue weighted by molar-refractivity contribution is 7.13. The zero-order valence-electron chi connectivity index (χ0n) is 14.8. The van der Waals surface area contributed by atoms with Crippen molar-refractivity contribution in [3.8, 4) is 16.3 Å². The molecule has 0 aliphatic heterocycles. The first kappa shape index (κ1) is 18.9. The van der Waals surface area contributed by atoms with Gasteiger partial charge in [-0.15, -0.1) is 16.4 Å². The van der Waals surface area contributed by atoms with Crippen LogP contribution in [0.2, 0.25) is 0 Å². The second-order valence-electron chi connectivity index (χ2n) is 5.83. The van der Waals surface area contributed by atoms with E-state index in [4.69, 9.17) is 4.74 Å². The Balaban J connectivity index is 1.75. The van der Waals surface area contributed by atoms with Gasteiger partial charge in [0.25, 0.3) is 11.7 Å². The number of hydrogen-bond donors (Lipinski definition) is 1. The summed E-state index contributed by atoms with van der Waals surface area (Å²) in [6.45, 7) is 0. The second-order valence-corrected chi connectivity index (χ2v) is 6.78. The van der Waals surface area contributed by atoms with Crippen molar-refractivity contribution >= 4 is 28.7 Å². The maximum atomic E-state index is 13.6. The van der Waals surface area contributed by atoms with E-state index >= 15 is 0 Å². The van der Waals surface area contributed by atoms with Gasteiger partial charge in [0.1, 0.15) is 5.75 Å². The predicted octanol–water partition coefficient (Wildman–Crippen LogP) is 4.13. The zero-order chi connectivity index (χ0) is 20.6. The highest BCUT2D eigenvalue weighted by atomic mass is 32.1. The highest BCUT2D eigenvalue weighted by Gasteiger charge is 2.36. The van der Waals surface area contributed by atoms with Crippen LogP contribution in [-0.2, 0) is 6.18 Å². The number of nitrogens with zero attached hydrogens (tertiary/aromatic N) is 4. The fourth-order valence-electron chi connectivity index (χ4n) is 2.60. The maximum Gasteiger partial charge on any atom is 0.433 e. The molecule has 7 nitrogen and oxygen atoms in total. The van der Waals surface area contributed by atoms with Crippen molar-refractivity contribution in [1.29, 1.82) is 0 Å². The third-order valence-corrected chi connectivity index (χ3v) is 4.80. The van der Waals surface area contributed by atoms with Crippen molar-refractivity contribution in [2.75, 3.05) is 12.4 Å². The van der Waals surface area contributed by atoms with Crippen LogP contribution in [0.4, 0.5) is 18.9 Å². The van der Waals surface area contributed by atoms with E-state index in [-0.39, 0.29) is 11.5 Å². The molecule has 4 rings (SSSR count). The number of rotatable bonds is 4. The lowest BCUT2D eigenvalue weighted by molar-refractivity contribution is -0.142. The van der Waals surface area contributed by atoms with Crippen LogP contribution in [0.3, 0.4) is 0 Å². The summed E-state index contributed by atoms with van der Waals surface area (Å²) in [5, 5.41) is 7.98. The van der Waals surface area contributed by atoms with E-state index in [2.05, 4.69) is 20.4 Å². The Kier molecular flexibility index (Phi) is 4.66. The molecule has 0 saturated carbocycles. The van der Waals surface area contributed by atoms with Crippen LogP contribution in [0.5, 0.6) is 5.75 Å². The standard InChI is InChI=1S/C18H12F3N5O2S/c1-28-11-5-2-4-10(8-11)22-16(27)15-24-17-23-12(13-6-3-7-29-13)9-14(18(19,20)21)26(17)25-15/h2-9H,1H3,(H,22,27). The lowest BCUT2D eigenvalue weighted by Gasteiger charge is -2.09. The number of hydrogen-bond acceptors (Lipinski definition) is 6. The van der Waals surface area contributed by atoms with Gasteiger partial charge in [-0.05, 0) is 29.6 Å². The van der Waals surface area contributed by atoms with Crippen LogP contribution in [-0.4, -0.2) is 32.6 Å². The van der Waals surface area contributed by atoms with E-state index < -0.39 is 23.6 Å². The van der Waals surface area contributed by atoms with Crippen LogP contribution in [0, 0.1) is 0 Å². The Morgan fingerprint density at radius 3 is 2.69 bits per heavy atom. The number of carbonyl (C=O) groups is 1. The van der Waals surface area contributed by atoms with E-state index in [0.717, 1.165) is 6.07 Å². The summed E-state index contributed by atoms with van der Waals surface area (Å²) in [4.78, 5) is 21.0. The molecule has 0 atom stereocenters. The Labute approximate surface area is 165 Å². The maximum absolute atomic E-state index is 13.6. The molecule has 0 fully saturated rings. The van der Waals surface area contributed by atoms with Gasteiger partial charge in [-0.1, -0.05) is 12.1 Å². The van der Waals surface area contributed by atoms with Crippen molar-refractivity contribution < 1.29 is 22.7 Å². The molecular weight excluding hydrogens is 407 g/mol. The fourth-order valence-corrected chi connectivity index (χ4v) is 3.29. The molecule has 29 heavy (non-hydrogen) atoms. The van der Waals surface area contributed by atoms with Crippen LogP contribution in [0.15, 0.2) is 47.8 Å². The number of methoxy groups -OCH3 is 1. The molecule has 0 spiro atoms. The average molecular weight is 419 g/mol. The van der Waals surface area contributed by atoms with Crippen molar-refractivity contribution in [1.82, 2.24) is 19.6 Å². The van der Waals surface area contributed by atoms with Crippen LogP contribution in [0.1, 0.15) is 16.3 Å². The Morgan fingerprint density at radius 1 is 1.17 bits per heavy atom. The minimum Gasteiger partial charge on any atom is -0.497 e. The number of aromatic nitrogens is 4. The topological polar surface area (TPSA) is 81.4 Å². The molecule has 0 bridgehead atoms. The monoisotopic (exact) mass is 419 g/mol. The van der Waals surface area contributed by atoms with Crippen LogP contribution >= 0.6 is 11.3 Å². The largest absolute Gasteiger partial charge is 0.497 e. The number of carbonyl (C=O) groups excluding carboxylic acids is 1. The van der Waals surface area contributed by atoms with Crippen molar-refractivity contribution in [2.45, 2.75) is 6.18 Å². The number of nitrogens with one attached hydrogen (secondary N) is 1. The third-order valence-electron chi connectivity index (χ3n) is 3.91. The van der Waals surface area contributed by atoms with Crippen molar-refractivity contribution in [3.05, 3.63) is 59.4 Å². The molecule has 11 heteroatoms. The number of anilines is 1. The minimum absolute atomic E-state index is 0.104. The smallest absolute Gasteiger partial charge is 0.433 e. The highest BCUT2D eigenvalue weighted by Crippen LogP contribution is 2.33. The molecule has 0 aliphatic rings. The molecule has 4 aromatic rings. The summed E-state index contributed by atoms with van der Waals surface area (Å²) < 4.78 is 46.3. The zero-order valence-corrected chi connectivity index (χ0v) is 15.6. The Hall–Kier alpha value is -3.47. The van der Waals surface area contributed by atoms with Crippen LogP contribution in [0.25, 0.3) is 16.3 Å². The van der Waals surface area contributed by atoms with Gasteiger partial charge in [-0.3, -0.25) is 4.79 Å². The number of benzene rings is 1. The number of thiophene rings is 1. The molecule has 3 heterocycles. The van der Waals surface area contributed by atoms with Gasteiger partial charge in [0.2, 0.25) is 5.82 Å². The van der Waals surface area contributed by atoms with E-state index in [1.165, 1.54) is 18.4 Å². The van der Waals surface area contributed by atoms with Gasteiger partial charge in [0.15, 0.2) is 5.69 Å². The first-order valence-electron chi connectivity index (χ1n) is 8.19. The van der Waals surface area contributed by atoms with Crippen molar-refractivity contribution in [3.63, 3.8) is 0 Å². The SMILES string of the molecule is COc1cccc(NC(=O)c2nc3nc(-c4cccs4)cc(C(F)(F)F)n3n2)c1. The minimum atomic E-state index is -4.71. The first-order valence-corrected chi connectivity index (χ1v) is 9.07. The first-order chi connectivity index (χ1) is 13.8. The molecule has 1 N–H and O–H groups in total. The number of fused-ring (bicyclic) bond motifs is 1. The molecule has 0 unspecified atom stereocenters. The molecule has 3 aromatic heterocycles. The number of halogens is 3. The molecule has 1 amide bonds. The summed E-state index contributed by atoms with van der Waals surface area (Å²) in [7, 11) is 1.47. The van der Waals surface area contributed by atoms with E-state index in [9.17, 15) is 18.0 Å². The molecule has 1 aromatic carbocycles. The fraction of sp³-hybridized carbons (Fsp3) is 0.111. The number of amides is 1. The van der Waals surface area contributed by atoms with Gasteiger partial charge in [-0.2, -0.15) is 22.7 Å². The summed E-state index contributed by atoms with van der Waals surface area (Å²) >= 11 is 1.24. The van der Waals surface area contributed by atoms with Crippen molar-refractivity contribution in [2.24, 2.45) is 0 Å². The van der Waals surface area contributed by atoms with Gasteiger partial charge < -0.3 is 10.1 Å².